The maximum absolute atomic E-state index is 11.7. The molecule has 0 aliphatic rings. The second kappa shape index (κ2) is 7.09. The molecule has 1 amide bonds. The molecule has 2 aromatic rings. The van der Waals surface area contributed by atoms with Crippen molar-refractivity contribution in [1.29, 1.82) is 0 Å². The van der Waals surface area contributed by atoms with Gasteiger partial charge < -0.3 is 9.72 Å². The highest BCUT2D eigenvalue weighted by Crippen LogP contribution is 2.15. The highest BCUT2D eigenvalue weighted by atomic mass is 16.5. The topological polar surface area (TPSA) is 67.0 Å². The Kier molecular flexibility index (Phi) is 4.93. The number of anilines is 1. The fraction of sp³-hybridized carbons (Fsp3) is 0.125. The Hall–Kier alpha value is -2.82. The van der Waals surface area contributed by atoms with Crippen molar-refractivity contribution in [1.82, 2.24) is 9.97 Å². The van der Waals surface area contributed by atoms with E-state index in [-0.39, 0.29) is 6.61 Å². The van der Waals surface area contributed by atoms with E-state index in [1.807, 2.05) is 37.3 Å². The number of aromatic nitrogens is 2. The molecule has 0 saturated carbocycles. The molecule has 21 heavy (non-hydrogen) atoms. The summed E-state index contributed by atoms with van der Waals surface area (Å²) in [5.74, 6) is 0. The SMILES string of the molecule is C=C/C(=C\C=C/C)COC(=O)Nc1cnc2[nH]ccc2c1. The number of pyridine rings is 1. The van der Waals surface area contributed by atoms with Crippen LogP contribution in [-0.4, -0.2) is 22.7 Å². The molecule has 0 aliphatic heterocycles. The number of rotatable bonds is 5. The summed E-state index contributed by atoms with van der Waals surface area (Å²) in [6.45, 7) is 5.75. The Bertz CT molecular complexity index is 698. The van der Waals surface area contributed by atoms with Crippen molar-refractivity contribution >= 4 is 22.8 Å². The number of fused-ring (bicyclic) bond motifs is 1. The van der Waals surface area contributed by atoms with Gasteiger partial charge in [-0.2, -0.15) is 0 Å². The van der Waals surface area contributed by atoms with Gasteiger partial charge in [-0.1, -0.05) is 30.9 Å². The van der Waals surface area contributed by atoms with Gasteiger partial charge in [-0.25, -0.2) is 9.78 Å². The third-order valence-electron chi connectivity index (χ3n) is 2.78. The quantitative estimate of drug-likeness (QED) is 0.820. The minimum atomic E-state index is -0.528. The summed E-state index contributed by atoms with van der Waals surface area (Å²) in [5.41, 5.74) is 2.18. The standard InChI is InChI=1S/C16H17N3O2/c1-3-5-6-12(4-2)11-21-16(20)19-14-9-13-7-8-17-15(13)18-10-14/h3-10H,2,11H2,1H3,(H,17,18)(H,19,20)/b5-3-,12-6+. The molecule has 5 nitrogen and oxygen atoms in total. The number of aromatic amines is 1. The van der Waals surface area contributed by atoms with Crippen LogP contribution in [0.4, 0.5) is 10.5 Å². The summed E-state index contributed by atoms with van der Waals surface area (Å²) in [6.07, 6.45) is 10.1. The number of nitrogens with zero attached hydrogens (tertiary/aromatic N) is 1. The second-order valence-electron chi connectivity index (χ2n) is 4.31. The first kappa shape index (κ1) is 14.6. The van der Waals surface area contributed by atoms with Crippen LogP contribution in [0, 0.1) is 0 Å². The molecule has 2 aromatic heterocycles. The molecule has 2 rings (SSSR count). The molecule has 0 bridgehead atoms. The molecular formula is C16H17N3O2. The van der Waals surface area contributed by atoms with Gasteiger partial charge in [0.2, 0.25) is 0 Å². The smallest absolute Gasteiger partial charge is 0.412 e. The fourth-order valence-electron chi connectivity index (χ4n) is 1.71. The van der Waals surface area contributed by atoms with Crippen molar-refractivity contribution in [3.63, 3.8) is 0 Å². The molecule has 0 aromatic carbocycles. The minimum Gasteiger partial charge on any atom is -0.444 e. The number of ether oxygens (including phenoxy) is 1. The van der Waals surface area contributed by atoms with Crippen LogP contribution in [0.5, 0.6) is 0 Å². The number of hydrogen-bond donors (Lipinski definition) is 2. The lowest BCUT2D eigenvalue weighted by Crippen LogP contribution is -2.15. The van der Waals surface area contributed by atoms with Crippen molar-refractivity contribution < 1.29 is 9.53 Å². The molecule has 0 saturated heterocycles. The number of nitrogens with one attached hydrogen (secondary N) is 2. The first-order chi connectivity index (χ1) is 10.2. The van der Waals surface area contributed by atoms with Crippen LogP contribution in [0.15, 0.2) is 61.0 Å². The molecule has 0 spiro atoms. The summed E-state index contributed by atoms with van der Waals surface area (Å²) in [5, 5.41) is 3.57. The molecular weight excluding hydrogens is 266 g/mol. The van der Waals surface area contributed by atoms with Crippen LogP contribution in [0.2, 0.25) is 0 Å². The molecule has 0 fully saturated rings. The first-order valence-electron chi connectivity index (χ1n) is 6.54. The van der Waals surface area contributed by atoms with Gasteiger partial charge in [-0.05, 0) is 24.6 Å². The zero-order valence-electron chi connectivity index (χ0n) is 11.8. The van der Waals surface area contributed by atoms with Crippen molar-refractivity contribution in [2.75, 3.05) is 11.9 Å². The second-order valence-corrected chi connectivity index (χ2v) is 4.31. The van der Waals surface area contributed by atoms with Gasteiger partial charge in [0.25, 0.3) is 0 Å². The van der Waals surface area contributed by atoms with Crippen molar-refractivity contribution in [2.24, 2.45) is 0 Å². The highest BCUT2D eigenvalue weighted by Gasteiger charge is 2.05. The van der Waals surface area contributed by atoms with E-state index in [4.69, 9.17) is 4.74 Å². The van der Waals surface area contributed by atoms with Crippen molar-refractivity contribution in [2.45, 2.75) is 6.92 Å². The lowest BCUT2D eigenvalue weighted by Gasteiger charge is -2.07. The van der Waals surface area contributed by atoms with Crippen LogP contribution < -0.4 is 5.32 Å². The Balaban J connectivity index is 1.93. The summed E-state index contributed by atoms with van der Waals surface area (Å²) in [4.78, 5) is 18.9. The number of amides is 1. The van der Waals surface area contributed by atoms with E-state index in [1.165, 1.54) is 0 Å². The Morgan fingerprint density at radius 1 is 1.57 bits per heavy atom. The molecule has 0 atom stereocenters. The van der Waals surface area contributed by atoms with E-state index in [1.54, 1.807) is 18.5 Å². The van der Waals surface area contributed by atoms with E-state index in [0.717, 1.165) is 16.6 Å². The first-order valence-corrected chi connectivity index (χ1v) is 6.54. The minimum absolute atomic E-state index is 0.166. The number of carbonyl (C=O) groups excluding carboxylic acids is 1. The molecule has 0 unspecified atom stereocenters. The molecule has 0 aliphatic carbocycles. The van der Waals surface area contributed by atoms with E-state index in [9.17, 15) is 4.79 Å². The molecule has 2 N–H and O–H groups in total. The van der Waals surface area contributed by atoms with Gasteiger partial charge in [-0.15, -0.1) is 0 Å². The van der Waals surface area contributed by atoms with Crippen LogP contribution in [-0.2, 0) is 4.74 Å². The molecule has 0 radical (unpaired) electrons. The molecule has 108 valence electrons. The van der Waals surface area contributed by atoms with Crippen LogP contribution >= 0.6 is 0 Å². The average Bonchev–Trinajstić information content (AvgIpc) is 2.95. The molecule has 2 heterocycles. The van der Waals surface area contributed by atoms with Crippen LogP contribution in [0.1, 0.15) is 6.92 Å². The number of hydrogen-bond acceptors (Lipinski definition) is 3. The van der Waals surface area contributed by atoms with Crippen LogP contribution in [0.3, 0.4) is 0 Å². The van der Waals surface area contributed by atoms with Gasteiger partial charge in [0.15, 0.2) is 0 Å². The Labute approximate surface area is 123 Å². The predicted molar refractivity (Wildman–Crippen MR) is 84.2 cm³/mol. The third-order valence-corrected chi connectivity index (χ3v) is 2.78. The predicted octanol–water partition coefficient (Wildman–Crippen LogP) is 3.80. The van der Waals surface area contributed by atoms with Gasteiger partial charge >= 0.3 is 6.09 Å². The normalized spacial score (nSPS) is 11.8. The zero-order chi connectivity index (χ0) is 15.1. The van der Waals surface area contributed by atoms with E-state index in [2.05, 4.69) is 21.9 Å². The lowest BCUT2D eigenvalue weighted by molar-refractivity contribution is 0.172. The van der Waals surface area contributed by atoms with E-state index in [0.29, 0.717) is 5.69 Å². The lowest BCUT2D eigenvalue weighted by atomic mass is 10.2. The molecule has 5 heteroatoms. The Morgan fingerprint density at radius 2 is 2.43 bits per heavy atom. The van der Waals surface area contributed by atoms with Gasteiger partial charge in [-0.3, -0.25) is 5.32 Å². The maximum atomic E-state index is 11.7. The summed E-state index contributed by atoms with van der Waals surface area (Å²) in [6, 6.07) is 3.71. The van der Waals surface area contributed by atoms with Gasteiger partial charge in [0.05, 0.1) is 11.9 Å². The maximum Gasteiger partial charge on any atom is 0.412 e. The zero-order valence-corrected chi connectivity index (χ0v) is 11.8. The third kappa shape index (κ3) is 4.07. The number of H-pyrrole nitrogens is 1. The Morgan fingerprint density at radius 3 is 3.19 bits per heavy atom. The monoisotopic (exact) mass is 283 g/mol. The van der Waals surface area contributed by atoms with E-state index >= 15 is 0 Å². The van der Waals surface area contributed by atoms with Gasteiger partial charge in [0.1, 0.15) is 12.3 Å². The summed E-state index contributed by atoms with van der Waals surface area (Å²) < 4.78 is 5.13. The average molecular weight is 283 g/mol. The van der Waals surface area contributed by atoms with Gasteiger partial charge in [0, 0.05) is 11.6 Å². The number of carbonyl (C=O) groups is 1. The number of allylic oxidation sites excluding steroid dienone is 3. The van der Waals surface area contributed by atoms with E-state index < -0.39 is 6.09 Å². The largest absolute Gasteiger partial charge is 0.444 e. The summed E-state index contributed by atoms with van der Waals surface area (Å²) >= 11 is 0. The fourth-order valence-corrected chi connectivity index (χ4v) is 1.71. The highest BCUT2D eigenvalue weighted by molar-refractivity contribution is 5.88. The van der Waals surface area contributed by atoms with Crippen molar-refractivity contribution in [3.8, 4) is 0 Å². The van der Waals surface area contributed by atoms with Crippen LogP contribution in [0.25, 0.3) is 11.0 Å². The van der Waals surface area contributed by atoms with Crippen molar-refractivity contribution in [3.05, 3.63) is 61.0 Å². The summed E-state index contributed by atoms with van der Waals surface area (Å²) in [7, 11) is 0.